The topological polar surface area (TPSA) is 81.5 Å². The molecule has 0 spiro atoms. The van der Waals surface area contributed by atoms with Crippen LogP contribution in [0, 0.1) is 10.1 Å². The largest absolute Gasteiger partial charge is 0.481 e. The van der Waals surface area contributed by atoms with Crippen LogP contribution in [0.25, 0.3) is 0 Å². The Morgan fingerprint density at radius 3 is 2.54 bits per heavy atom. The zero-order valence-corrected chi connectivity index (χ0v) is 14.0. The zero-order valence-electron chi connectivity index (χ0n) is 13.3. The van der Waals surface area contributed by atoms with Gasteiger partial charge in [0.1, 0.15) is 10.8 Å². The van der Waals surface area contributed by atoms with E-state index in [9.17, 15) is 14.9 Å². The first-order valence-corrected chi connectivity index (χ1v) is 7.79. The minimum absolute atomic E-state index is 0.0123. The van der Waals surface area contributed by atoms with Gasteiger partial charge in [-0.15, -0.1) is 0 Å². The first-order valence-electron chi connectivity index (χ1n) is 7.41. The lowest BCUT2D eigenvalue weighted by molar-refractivity contribution is -0.384. The standard InChI is InChI=1S/C17H17ClN2O4/c1-3-12-4-7-14(8-5-12)24-11(2)17(21)19-13-6-9-15(18)16(10-13)20(22)23/h4-11H,3H2,1-2H3,(H,19,21)/t11-/m0/s1. The Labute approximate surface area is 144 Å². The Kier molecular flexibility index (Phi) is 5.76. The van der Waals surface area contributed by atoms with E-state index in [-0.39, 0.29) is 16.4 Å². The average molecular weight is 349 g/mol. The Morgan fingerprint density at radius 2 is 1.96 bits per heavy atom. The van der Waals surface area contributed by atoms with Crippen LogP contribution < -0.4 is 10.1 Å². The van der Waals surface area contributed by atoms with E-state index in [0.29, 0.717) is 5.75 Å². The van der Waals surface area contributed by atoms with Gasteiger partial charge >= 0.3 is 0 Å². The molecule has 0 saturated heterocycles. The summed E-state index contributed by atoms with van der Waals surface area (Å²) in [6, 6.07) is 11.5. The van der Waals surface area contributed by atoms with Gasteiger partial charge in [0.05, 0.1) is 4.92 Å². The van der Waals surface area contributed by atoms with Crippen molar-refractivity contribution in [1.82, 2.24) is 0 Å². The third kappa shape index (κ3) is 4.45. The van der Waals surface area contributed by atoms with E-state index in [4.69, 9.17) is 16.3 Å². The molecule has 0 radical (unpaired) electrons. The molecule has 0 saturated carbocycles. The lowest BCUT2D eigenvalue weighted by atomic mass is 10.2. The molecule has 2 rings (SSSR count). The van der Waals surface area contributed by atoms with Crippen LogP contribution in [0.15, 0.2) is 42.5 Å². The summed E-state index contributed by atoms with van der Waals surface area (Å²) in [6.07, 6.45) is 0.165. The highest BCUT2D eigenvalue weighted by atomic mass is 35.5. The lowest BCUT2D eigenvalue weighted by Gasteiger charge is -2.15. The Hall–Kier alpha value is -2.60. The van der Waals surface area contributed by atoms with Gasteiger partial charge in [0.25, 0.3) is 11.6 Å². The number of hydrogen-bond acceptors (Lipinski definition) is 4. The first-order chi connectivity index (χ1) is 11.4. The highest BCUT2D eigenvalue weighted by Crippen LogP contribution is 2.27. The second kappa shape index (κ2) is 7.79. The summed E-state index contributed by atoms with van der Waals surface area (Å²) in [5.74, 6) is 0.170. The number of carbonyl (C=O) groups excluding carboxylic acids is 1. The molecule has 2 aromatic carbocycles. The quantitative estimate of drug-likeness (QED) is 0.626. The molecule has 0 aromatic heterocycles. The number of hydrogen-bond donors (Lipinski definition) is 1. The summed E-state index contributed by atoms with van der Waals surface area (Å²) in [5.41, 5.74) is 1.19. The van der Waals surface area contributed by atoms with Crippen LogP contribution in [-0.4, -0.2) is 16.9 Å². The Morgan fingerprint density at radius 1 is 1.29 bits per heavy atom. The number of carbonyl (C=O) groups is 1. The molecule has 6 nitrogen and oxygen atoms in total. The highest BCUT2D eigenvalue weighted by molar-refractivity contribution is 6.32. The maximum Gasteiger partial charge on any atom is 0.289 e. The maximum absolute atomic E-state index is 12.2. The smallest absolute Gasteiger partial charge is 0.289 e. The number of nitrogens with zero attached hydrogens (tertiary/aromatic N) is 1. The molecule has 0 bridgehead atoms. The van der Waals surface area contributed by atoms with Gasteiger partial charge in [-0.1, -0.05) is 30.7 Å². The summed E-state index contributed by atoms with van der Waals surface area (Å²) in [4.78, 5) is 22.4. The van der Waals surface area contributed by atoms with Gasteiger partial charge in [-0.05, 0) is 43.2 Å². The van der Waals surface area contributed by atoms with Crippen molar-refractivity contribution < 1.29 is 14.5 Å². The molecule has 7 heteroatoms. The molecule has 0 aliphatic rings. The van der Waals surface area contributed by atoms with Crippen molar-refractivity contribution in [1.29, 1.82) is 0 Å². The molecule has 0 aliphatic carbocycles. The number of aryl methyl sites for hydroxylation is 1. The molecule has 0 heterocycles. The van der Waals surface area contributed by atoms with Gasteiger partial charge in [-0.25, -0.2) is 0 Å². The van der Waals surface area contributed by atoms with Crippen LogP contribution in [0.3, 0.4) is 0 Å². The first kappa shape index (κ1) is 17.7. The number of anilines is 1. The SMILES string of the molecule is CCc1ccc(O[C@@H](C)C(=O)Nc2ccc(Cl)c([N+](=O)[O-])c2)cc1. The molecule has 0 unspecified atom stereocenters. The summed E-state index contributed by atoms with van der Waals surface area (Å²) in [6.45, 7) is 3.66. The fraction of sp³-hybridized carbons (Fsp3) is 0.235. The summed E-state index contributed by atoms with van der Waals surface area (Å²) >= 11 is 5.74. The van der Waals surface area contributed by atoms with Gasteiger partial charge < -0.3 is 10.1 Å². The average Bonchev–Trinajstić information content (AvgIpc) is 2.57. The van der Waals surface area contributed by atoms with Crippen LogP contribution in [0.5, 0.6) is 5.75 Å². The summed E-state index contributed by atoms with van der Waals surface area (Å²) in [5, 5.41) is 13.5. The zero-order chi connectivity index (χ0) is 17.7. The normalized spacial score (nSPS) is 11.6. The van der Waals surface area contributed by atoms with E-state index in [0.717, 1.165) is 6.42 Å². The van der Waals surface area contributed by atoms with Gasteiger partial charge in [0.15, 0.2) is 6.10 Å². The Bertz CT molecular complexity index is 747. The minimum Gasteiger partial charge on any atom is -0.481 e. The Balaban J connectivity index is 2.03. The van der Waals surface area contributed by atoms with Gasteiger partial charge in [0.2, 0.25) is 0 Å². The molecule has 0 fully saturated rings. The van der Waals surface area contributed by atoms with E-state index in [1.165, 1.54) is 23.8 Å². The number of rotatable bonds is 6. The molecule has 24 heavy (non-hydrogen) atoms. The van der Waals surface area contributed by atoms with Crippen molar-refractivity contribution in [2.45, 2.75) is 26.4 Å². The number of halogens is 1. The van der Waals surface area contributed by atoms with E-state index >= 15 is 0 Å². The van der Waals surface area contributed by atoms with Crippen LogP contribution >= 0.6 is 11.6 Å². The second-order valence-corrected chi connectivity index (χ2v) is 5.58. The van der Waals surface area contributed by atoms with E-state index in [1.54, 1.807) is 19.1 Å². The second-order valence-electron chi connectivity index (χ2n) is 5.17. The fourth-order valence-electron chi connectivity index (χ4n) is 2.04. The van der Waals surface area contributed by atoms with Gasteiger partial charge in [-0.2, -0.15) is 0 Å². The molecule has 126 valence electrons. The number of ether oxygens (including phenoxy) is 1. The number of benzene rings is 2. The predicted molar refractivity (Wildman–Crippen MR) is 92.6 cm³/mol. The summed E-state index contributed by atoms with van der Waals surface area (Å²) < 4.78 is 5.58. The van der Waals surface area contributed by atoms with E-state index < -0.39 is 16.9 Å². The molecule has 1 N–H and O–H groups in total. The monoisotopic (exact) mass is 348 g/mol. The molecule has 0 aliphatic heterocycles. The van der Waals surface area contributed by atoms with E-state index in [2.05, 4.69) is 12.2 Å². The number of amides is 1. The molecule has 1 amide bonds. The van der Waals surface area contributed by atoms with Crippen LogP contribution in [-0.2, 0) is 11.2 Å². The van der Waals surface area contributed by atoms with E-state index in [1.807, 2.05) is 12.1 Å². The van der Waals surface area contributed by atoms with Crippen LogP contribution in [0.1, 0.15) is 19.4 Å². The fourth-order valence-corrected chi connectivity index (χ4v) is 2.22. The number of nitro groups is 1. The highest BCUT2D eigenvalue weighted by Gasteiger charge is 2.18. The molecular weight excluding hydrogens is 332 g/mol. The van der Waals surface area contributed by atoms with Gasteiger partial charge in [0, 0.05) is 11.8 Å². The minimum atomic E-state index is -0.757. The van der Waals surface area contributed by atoms with Crippen molar-refractivity contribution in [2.24, 2.45) is 0 Å². The van der Waals surface area contributed by atoms with Gasteiger partial charge in [-0.3, -0.25) is 14.9 Å². The van der Waals surface area contributed by atoms with Crippen molar-refractivity contribution in [2.75, 3.05) is 5.32 Å². The third-order valence-electron chi connectivity index (χ3n) is 3.42. The number of nitro benzene ring substituents is 1. The van der Waals surface area contributed by atoms with Crippen molar-refractivity contribution in [3.05, 3.63) is 63.2 Å². The maximum atomic E-state index is 12.2. The van der Waals surface area contributed by atoms with Crippen molar-refractivity contribution >= 4 is 28.9 Å². The van der Waals surface area contributed by atoms with Crippen LogP contribution in [0.2, 0.25) is 5.02 Å². The predicted octanol–water partition coefficient (Wildman–Crippen LogP) is 4.22. The lowest BCUT2D eigenvalue weighted by Crippen LogP contribution is -2.30. The summed E-state index contributed by atoms with van der Waals surface area (Å²) in [7, 11) is 0. The van der Waals surface area contributed by atoms with Crippen molar-refractivity contribution in [3.8, 4) is 5.75 Å². The molecule has 2 aromatic rings. The number of nitrogens with one attached hydrogen (secondary N) is 1. The van der Waals surface area contributed by atoms with Crippen LogP contribution in [0.4, 0.5) is 11.4 Å². The molecular formula is C17H17ClN2O4. The van der Waals surface area contributed by atoms with Crippen molar-refractivity contribution in [3.63, 3.8) is 0 Å². The molecule has 1 atom stereocenters. The third-order valence-corrected chi connectivity index (χ3v) is 3.74.